The molecule has 2 heterocycles. The van der Waals surface area contributed by atoms with E-state index in [1.54, 1.807) is 36.4 Å². The number of aromatic nitrogens is 3. The fourth-order valence-corrected chi connectivity index (χ4v) is 3.82. The quantitative estimate of drug-likeness (QED) is 0.559. The van der Waals surface area contributed by atoms with E-state index in [0.29, 0.717) is 10.7 Å². The summed E-state index contributed by atoms with van der Waals surface area (Å²) in [5, 5.41) is 8.05. The minimum Gasteiger partial charge on any atom is -0.324 e. The van der Waals surface area contributed by atoms with Crippen LogP contribution in [0.2, 0.25) is 10.0 Å². The van der Waals surface area contributed by atoms with Crippen LogP contribution < -0.4 is 10.0 Å². The van der Waals surface area contributed by atoms with Gasteiger partial charge in [-0.2, -0.15) is 4.98 Å². The summed E-state index contributed by atoms with van der Waals surface area (Å²) in [6.45, 7) is 0. The second kappa shape index (κ2) is 8.43. The zero-order chi connectivity index (χ0) is 20.8. The SMILES string of the molecule is CS(=O)(=O)Nc1nc2n(n1)C(c1c(F)cccc1Cl)C=C(c1ccc(Cl)cc1)N2.Cl. The number of fused-ring (bicyclic) bond motifs is 1. The molecule has 1 aromatic heterocycles. The van der Waals surface area contributed by atoms with Gasteiger partial charge in [-0.15, -0.1) is 17.5 Å². The smallest absolute Gasteiger partial charge is 0.257 e. The average Bonchev–Trinajstić information content (AvgIpc) is 3.02. The van der Waals surface area contributed by atoms with Gasteiger partial charge in [0.2, 0.25) is 16.0 Å². The van der Waals surface area contributed by atoms with Gasteiger partial charge in [0.25, 0.3) is 5.95 Å². The predicted molar refractivity (Wildman–Crippen MR) is 118 cm³/mol. The maximum Gasteiger partial charge on any atom is 0.257 e. The largest absolute Gasteiger partial charge is 0.324 e. The van der Waals surface area contributed by atoms with Gasteiger partial charge in [-0.3, -0.25) is 4.72 Å². The summed E-state index contributed by atoms with van der Waals surface area (Å²) in [5.41, 5.74) is 1.59. The highest BCUT2D eigenvalue weighted by atomic mass is 35.5. The molecule has 12 heteroatoms. The lowest BCUT2D eigenvalue weighted by molar-refractivity contribution is 0.552. The molecule has 0 fully saturated rings. The van der Waals surface area contributed by atoms with E-state index in [0.717, 1.165) is 11.8 Å². The molecule has 0 saturated heterocycles. The third-order valence-corrected chi connectivity index (χ3v) is 5.33. The van der Waals surface area contributed by atoms with Gasteiger partial charge in [0.05, 0.1) is 6.26 Å². The monoisotopic (exact) mass is 489 g/mol. The van der Waals surface area contributed by atoms with Gasteiger partial charge in [0, 0.05) is 21.3 Å². The first-order valence-electron chi connectivity index (χ1n) is 8.34. The van der Waals surface area contributed by atoms with Crippen molar-refractivity contribution in [3.8, 4) is 0 Å². The number of rotatable bonds is 4. The summed E-state index contributed by atoms with van der Waals surface area (Å²) >= 11 is 12.2. The standard InChI is InChI=1S/C18H14Cl2FN5O2S.ClH/c1-29(27,28)25-17-23-18-22-14(10-5-7-11(19)8-6-10)9-15(26(18)24-17)16-12(20)3-2-4-13(16)21;/h2-9,15H,1H3,(H2,22,23,24,25);1H. The number of allylic oxidation sites excluding steroid dienone is 1. The van der Waals surface area contributed by atoms with Crippen molar-refractivity contribution < 1.29 is 12.8 Å². The topological polar surface area (TPSA) is 88.9 Å². The molecule has 3 aromatic rings. The van der Waals surface area contributed by atoms with Crippen LogP contribution in [-0.2, 0) is 10.0 Å². The van der Waals surface area contributed by atoms with Gasteiger partial charge in [-0.1, -0.05) is 41.4 Å². The number of hydrogen-bond acceptors (Lipinski definition) is 5. The van der Waals surface area contributed by atoms with Crippen molar-refractivity contribution >= 4 is 63.2 Å². The zero-order valence-corrected chi connectivity index (χ0v) is 18.4. The van der Waals surface area contributed by atoms with Crippen molar-refractivity contribution in [1.82, 2.24) is 14.8 Å². The van der Waals surface area contributed by atoms with Gasteiger partial charge in [-0.05, 0) is 35.9 Å². The Morgan fingerprint density at radius 1 is 1.17 bits per heavy atom. The average molecular weight is 491 g/mol. The fourth-order valence-electron chi connectivity index (χ4n) is 3.00. The molecule has 1 aliphatic heterocycles. The lowest BCUT2D eigenvalue weighted by atomic mass is 10.0. The van der Waals surface area contributed by atoms with E-state index in [2.05, 4.69) is 20.1 Å². The van der Waals surface area contributed by atoms with Crippen molar-refractivity contribution in [2.24, 2.45) is 0 Å². The zero-order valence-electron chi connectivity index (χ0n) is 15.3. The van der Waals surface area contributed by atoms with E-state index < -0.39 is 21.9 Å². The molecule has 1 atom stereocenters. The normalized spacial score (nSPS) is 15.5. The third-order valence-electron chi connectivity index (χ3n) is 4.19. The molecule has 2 N–H and O–H groups in total. The maximum atomic E-state index is 14.7. The summed E-state index contributed by atoms with van der Waals surface area (Å²) in [6.07, 6.45) is 2.72. The van der Waals surface area contributed by atoms with E-state index in [9.17, 15) is 12.8 Å². The van der Waals surface area contributed by atoms with Crippen molar-refractivity contribution in [3.63, 3.8) is 0 Å². The van der Waals surface area contributed by atoms with Crippen LogP contribution in [0.1, 0.15) is 17.2 Å². The number of benzene rings is 2. The Labute approximate surface area is 188 Å². The molecule has 0 amide bonds. The van der Waals surface area contributed by atoms with Crippen molar-refractivity contribution in [2.45, 2.75) is 6.04 Å². The van der Waals surface area contributed by atoms with Crippen LogP contribution in [0.5, 0.6) is 0 Å². The second-order valence-corrected chi connectivity index (χ2v) is 8.96. The van der Waals surface area contributed by atoms with Crippen molar-refractivity contribution in [2.75, 3.05) is 16.3 Å². The van der Waals surface area contributed by atoms with Gasteiger partial charge < -0.3 is 5.32 Å². The molecule has 0 bridgehead atoms. The van der Waals surface area contributed by atoms with E-state index in [1.807, 2.05) is 0 Å². The molecule has 2 aromatic carbocycles. The number of anilines is 2. The Hall–Kier alpha value is -2.33. The first kappa shape index (κ1) is 22.4. The molecular formula is C18H15Cl3FN5O2S. The number of nitrogens with zero attached hydrogens (tertiary/aromatic N) is 3. The third kappa shape index (κ3) is 4.54. The molecule has 0 spiro atoms. The summed E-state index contributed by atoms with van der Waals surface area (Å²) in [6, 6.07) is 10.7. The van der Waals surface area contributed by atoms with E-state index >= 15 is 0 Å². The van der Waals surface area contributed by atoms with E-state index in [4.69, 9.17) is 23.2 Å². The Morgan fingerprint density at radius 2 is 1.87 bits per heavy atom. The highest BCUT2D eigenvalue weighted by molar-refractivity contribution is 7.91. The molecule has 1 aliphatic rings. The molecule has 0 saturated carbocycles. The van der Waals surface area contributed by atoms with Crippen molar-refractivity contribution in [1.29, 1.82) is 0 Å². The highest BCUT2D eigenvalue weighted by Gasteiger charge is 2.29. The Balaban J connectivity index is 0.00000256. The molecule has 158 valence electrons. The molecular weight excluding hydrogens is 476 g/mol. The van der Waals surface area contributed by atoms with Crippen LogP contribution in [0.4, 0.5) is 16.3 Å². The summed E-state index contributed by atoms with van der Waals surface area (Å²) in [4.78, 5) is 4.18. The second-order valence-electron chi connectivity index (χ2n) is 6.37. The van der Waals surface area contributed by atoms with Gasteiger partial charge in [-0.25, -0.2) is 17.5 Å². The maximum absolute atomic E-state index is 14.7. The molecule has 0 aliphatic carbocycles. The lowest BCUT2D eigenvalue weighted by Crippen LogP contribution is -2.21. The Kier molecular flexibility index (Phi) is 6.28. The van der Waals surface area contributed by atoms with Crippen LogP contribution in [0.3, 0.4) is 0 Å². The lowest BCUT2D eigenvalue weighted by Gasteiger charge is -2.25. The van der Waals surface area contributed by atoms with E-state index in [-0.39, 0.29) is 34.9 Å². The number of nitrogens with one attached hydrogen (secondary N) is 2. The van der Waals surface area contributed by atoms with Gasteiger partial charge >= 0.3 is 0 Å². The summed E-state index contributed by atoms with van der Waals surface area (Å²) in [5.74, 6) is -0.429. The van der Waals surface area contributed by atoms with Gasteiger partial charge in [0.15, 0.2) is 0 Å². The minimum atomic E-state index is -3.59. The minimum absolute atomic E-state index is 0. The number of halogens is 4. The molecule has 30 heavy (non-hydrogen) atoms. The van der Waals surface area contributed by atoms with Crippen LogP contribution in [0.25, 0.3) is 5.70 Å². The first-order chi connectivity index (χ1) is 13.7. The molecule has 4 rings (SSSR count). The predicted octanol–water partition coefficient (Wildman–Crippen LogP) is 4.57. The molecule has 1 unspecified atom stereocenters. The van der Waals surface area contributed by atoms with Crippen LogP contribution in [-0.4, -0.2) is 29.4 Å². The fraction of sp³-hybridized carbons (Fsp3) is 0.111. The summed E-state index contributed by atoms with van der Waals surface area (Å²) in [7, 11) is -3.59. The Bertz CT molecular complexity index is 1210. The van der Waals surface area contributed by atoms with Crippen LogP contribution >= 0.6 is 35.6 Å². The van der Waals surface area contributed by atoms with E-state index in [1.165, 1.54) is 16.8 Å². The highest BCUT2D eigenvalue weighted by Crippen LogP contribution is 2.37. The summed E-state index contributed by atoms with van der Waals surface area (Å²) < 4.78 is 41.4. The molecule has 0 radical (unpaired) electrons. The van der Waals surface area contributed by atoms with Crippen LogP contribution in [0, 0.1) is 5.82 Å². The number of hydrogen-bond donors (Lipinski definition) is 2. The molecule has 7 nitrogen and oxygen atoms in total. The van der Waals surface area contributed by atoms with Crippen molar-refractivity contribution in [3.05, 3.63) is 75.5 Å². The van der Waals surface area contributed by atoms with Gasteiger partial charge in [0.1, 0.15) is 11.9 Å². The van der Waals surface area contributed by atoms with Crippen LogP contribution in [0.15, 0.2) is 48.5 Å². The first-order valence-corrected chi connectivity index (χ1v) is 11.0. The number of sulfonamides is 1. The Morgan fingerprint density at radius 3 is 2.50 bits per heavy atom.